The zero-order valence-corrected chi connectivity index (χ0v) is 12.3. The SMILES string of the molecule is O=C(n1cc(/C=C/Br)c(O)nc1=O)C(F)(F)[C@H](O)[C@H](O)CO. The van der Waals surface area contributed by atoms with Crippen LogP contribution < -0.4 is 5.69 Å². The zero-order chi connectivity index (χ0) is 17.1. The maximum Gasteiger partial charge on any atom is 0.357 e. The highest BCUT2D eigenvalue weighted by molar-refractivity contribution is 9.11. The van der Waals surface area contributed by atoms with Gasteiger partial charge in [0.05, 0.1) is 12.2 Å². The number of aromatic nitrogens is 2. The summed E-state index contributed by atoms with van der Waals surface area (Å²) in [6, 6.07) is 0. The molecule has 2 atom stereocenters. The number of aliphatic hydroxyl groups is 3. The first kappa shape index (κ1) is 18.4. The van der Waals surface area contributed by atoms with Crippen LogP contribution in [0.4, 0.5) is 8.78 Å². The number of hydrogen-bond acceptors (Lipinski definition) is 7. The Labute approximate surface area is 130 Å². The van der Waals surface area contributed by atoms with Crippen molar-refractivity contribution < 1.29 is 34.0 Å². The van der Waals surface area contributed by atoms with Crippen molar-refractivity contribution in [2.24, 2.45) is 0 Å². The lowest BCUT2D eigenvalue weighted by molar-refractivity contribution is -0.136. The Morgan fingerprint density at radius 1 is 1.50 bits per heavy atom. The Kier molecular flexibility index (Phi) is 5.88. The van der Waals surface area contributed by atoms with Gasteiger partial charge in [-0.3, -0.25) is 4.79 Å². The predicted octanol–water partition coefficient (Wildman–Crippen LogP) is -0.696. The van der Waals surface area contributed by atoms with E-state index in [4.69, 9.17) is 10.2 Å². The maximum absolute atomic E-state index is 13.8. The van der Waals surface area contributed by atoms with Gasteiger partial charge in [0.25, 0.3) is 0 Å². The van der Waals surface area contributed by atoms with Crippen LogP contribution in [0, 0.1) is 0 Å². The minimum absolute atomic E-state index is 0.116. The summed E-state index contributed by atoms with van der Waals surface area (Å²) in [4.78, 5) is 27.4. The van der Waals surface area contributed by atoms with Gasteiger partial charge in [-0.25, -0.2) is 9.36 Å². The molecule has 1 aromatic rings. The van der Waals surface area contributed by atoms with Gasteiger partial charge >= 0.3 is 17.5 Å². The van der Waals surface area contributed by atoms with Crippen LogP contribution in [0.15, 0.2) is 16.0 Å². The lowest BCUT2D eigenvalue weighted by Crippen LogP contribution is -2.53. The van der Waals surface area contributed by atoms with Gasteiger partial charge in [0.2, 0.25) is 5.88 Å². The van der Waals surface area contributed by atoms with E-state index in [9.17, 15) is 28.6 Å². The first-order chi connectivity index (χ1) is 10.2. The second-order valence-electron chi connectivity index (χ2n) is 4.09. The molecule has 0 fully saturated rings. The molecule has 0 amide bonds. The van der Waals surface area contributed by atoms with E-state index < -0.39 is 42.2 Å². The van der Waals surface area contributed by atoms with E-state index in [0.29, 0.717) is 6.20 Å². The van der Waals surface area contributed by atoms with Crippen LogP contribution in [0.25, 0.3) is 6.08 Å². The van der Waals surface area contributed by atoms with Gasteiger partial charge in [-0.2, -0.15) is 13.8 Å². The standard InChI is InChI=1S/C11H11BrF2N2O6/c12-2-1-5-3-16(10(22)15-8(5)20)9(21)11(13,14)7(19)6(18)4-17/h1-3,6-7,17-19H,4H2,(H,15,20,22)/b2-1+/t6-,7-/m1/s1. The molecule has 0 spiro atoms. The van der Waals surface area contributed by atoms with E-state index in [0.717, 1.165) is 6.08 Å². The molecular weight excluding hydrogens is 374 g/mol. The summed E-state index contributed by atoms with van der Waals surface area (Å²) in [6.45, 7) is -1.22. The number of aromatic hydroxyl groups is 1. The number of alkyl halides is 2. The Morgan fingerprint density at radius 3 is 2.59 bits per heavy atom. The molecule has 0 aliphatic rings. The number of halogens is 3. The van der Waals surface area contributed by atoms with E-state index in [-0.39, 0.29) is 10.1 Å². The first-order valence-electron chi connectivity index (χ1n) is 5.65. The normalized spacial score (nSPS) is 15.0. The molecule has 0 aliphatic carbocycles. The Bertz CT molecular complexity index is 648. The molecule has 0 aromatic carbocycles. The Hall–Kier alpha value is -1.69. The molecule has 0 unspecified atom stereocenters. The molecule has 4 N–H and O–H groups in total. The van der Waals surface area contributed by atoms with Crippen molar-refractivity contribution in [1.82, 2.24) is 9.55 Å². The van der Waals surface area contributed by atoms with E-state index in [1.165, 1.54) is 4.99 Å². The molecule has 11 heteroatoms. The average molecular weight is 385 g/mol. The number of nitrogens with zero attached hydrogens (tertiary/aromatic N) is 2. The van der Waals surface area contributed by atoms with E-state index in [1.54, 1.807) is 0 Å². The topological polar surface area (TPSA) is 133 Å². The lowest BCUT2D eigenvalue weighted by Gasteiger charge is -2.24. The van der Waals surface area contributed by atoms with Gasteiger partial charge in [-0.15, -0.1) is 0 Å². The average Bonchev–Trinajstić information content (AvgIpc) is 2.47. The van der Waals surface area contributed by atoms with E-state index >= 15 is 0 Å². The lowest BCUT2D eigenvalue weighted by atomic mass is 10.1. The molecule has 0 radical (unpaired) electrons. The summed E-state index contributed by atoms with van der Waals surface area (Å²) in [5.41, 5.74) is -1.72. The van der Waals surface area contributed by atoms with Crippen LogP contribution in [-0.4, -0.2) is 60.6 Å². The van der Waals surface area contributed by atoms with Crippen molar-refractivity contribution in [3.8, 4) is 5.88 Å². The van der Waals surface area contributed by atoms with Gasteiger partial charge in [0.1, 0.15) is 6.10 Å². The molecule has 0 bridgehead atoms. The molecule has 1 heterocycles. The Morgan fingerprint density at radius 2 is 2.09 bits per heavy atom. The second-order valence-corrected chi connectivity index (χ2v) is 4.62. The highest BCUT2D eigenvalue weighted by Gasteiger charge is 2.51. The number of carbonyl (C=O) groups is 1. The largest absolute Gasteiger partial charge is 0.493 e. The summed E-state index contributed by atoms with van der Waals surface area (Å²) in [5.74, 6) is -7.53. The van der Waals surface area contributed by atoms with Crippen LogP contribution >= 0.6 is 15.9 Å². The van der Waals surface area contributed by atoms with Crippen molar-refractivity contribution in [2.75, 3.05) is 6.61 Å². The van der Waals surface area contributed by atoms with Crippen LogP contribution in [0.2, 0.25) is 0 Å². The van der Waals surface area contributed by atoms with Crippen LogP contribution in [0.1, 0.15) is 10.4 Å². The van der Waals surface area contributed by atoms with Crippen molar-refractivity contribution >= 4 is 27.9 Å². The molecule has 0 saturated heterocycles. The number of carbonyl (C=O) groups excluding carboxylic acids is 1. The van der Waals surface area contributed by atoms with Gasteiger partial charge in [-0.05, 0) is 11.1 Å². The molecule has 0 aliphatic heterocycles. The Balaban J connectivity index is 3.33. The molecule has 8 nitrogen and oxygen atoms in total. The molecule has 0 saturated carbocycles. The van der Waals surface area contributed by atoms with Crippen molar-refractivity contribution in [2.45, 2.75) is 18.1 Å². The maximum atomic E-state index is 13.8. The fraction of sp³-hybridized carbons (Fsp3) is 0.364. The van der Waals surface area contributed by atoms with E-state index in [2.05, 4.69) is 20.9 Å². The molecule has 1 aromatic heterocycles. The van der Waals surface area contributed by atoms with E-state index in [1.807, 2.05) is 0 Å². The summed E-state index contributed by atoms with van der Waals surface area (Å²) in [7, 11) is 0. The zero-order valence-electron chi connectivity index (χ0n) is 10.7. The molecule has 1 rings (SSSR count). The third kappa shape index (κ3) is 3.55. The molecule has 22 heavy (non-hydrogen) atoms. The highest BCUT2D eigenvalue weighted by atomic mass is 79.9. The summed E-state index contributed by atoms with van der Waals surface area (Å²) in [6.07, 6.45) is -3.50. The van der Waals surface area contributed by atoms with Gasteiger partial charge in [0, 0.05) is 6.20 Å². The van der Waals surface area contributed by atoms with Gasteiger partial charge in [-0.1, -0.05) is 15.9 Å². The van der Waals surface area contributed by atoms with Crippen molar-refractivity contribution in [1.29, 1.82) is 0 Å². The minimum atomic E-state index is -4.57. The molecular formula is C11H11BrF2N2O6. The fourth-order valence-corrected chi connectivity index (χ4v) is 1.71. The number of aliphatic hydroxyl groups excluding tert-OH is 3. The summed E-state index contributed by atoms with van der Waals surface area (Å²) in [5, 5.41) is 36.1. The minimum Gasteiger partial charge on any atom is -0.493 e. The quantitative estimate of drug-likeness (QED) is 0.527. The van der Waals surface area contributed by atoms with Crippen LogP contribution in [-0.2, 0) is 0 Å². The van der Waals surface area contributed by atoms with Crippen molar-refractivity contribution in [3.63, 3.8) is 0 Å². The predicted molar refractivity (Wildman–Crippen MR) is 72.8 cm³/mol. The second kappa shape index (κ2) is 7.05. The number of rotatable bonds is 5. The third-order valence-corrected chi connectivity index (χ3v) is 2.87. The smallest absolute Gasteiger partial charge is 0.357 e. The first-order valence-corrected chi connectivity index (χ1v) is 6.57. The van der Waals surface area contributed by atoms with Crippen molar-refractivity contribution in [3.05, 3.63) is 27.2 Å². The van der Waals surface area contributed by atoms with Gasteiger partial charge < -0.3 is 20.4 Å². The third-order valence-electron chi connectivity index (χ3n) is 2.60. The van der Waals surface area contributed by atoms with Crippen LogP contribution in [0.5, 0.6) is 5.88 Å². The fourth-order valence-electron chi connectivity index (χ4n) is 1.42. The monoisotopic (exact) mass is 384 g/mol. The van der Waals surface area contributed by atoms with Gasteiger partial charge in [0.15, 0.2) is 6.10 Å². The van der Waals surface area contributed by atoms with Crippen LogP contribution in [0.3, 0.4) is 0 Å². The molecule has 122 valence electrons. The highest BCUT2D eigenvalue weighted by Crippen LogP contribution is 2.24. The summed E-state index contributed by atoms with van der Waals surface area (Å²) < 4.78 is 27.5. The number of hydrogen-bond donors (Lipinski definition) is 4. The summed E-state index contributed by atoms with van der Waals surface area (Å²) >= 11 is 2.85.